The topological polar surface area (TPSA) is 78.8 Å². The average Bonchev–Trinajstić information content (AvgIpc) is 3.37. The first-order chi connectivity index (χ1) is 17.4. The Morgan fingerprint density at radius 3 is 1.97 bits per heavy atom. The Kier molecular flexibility index (Phi) is 7.69. The molecule has 0 spiro atoms. The molecule has 0 fully saturated rings. The van der Waals surface area contributed by atoms with E-state index in [0.29, 0.717) is 40.7 Å². The number of rotatable bonds is 8. The van der Waals surface area contributed by atoms with Gasteiger partial charge in [-0.1, -0.05) is 28.1 Å². The first-order valence-electron chi connectivity index (χ1n) is 11.1. The Morgan fingerprint density at radius 2 is 1.42 bits per heavy atom. The number of amides is 1. The number of carbonyl (C=O) groups is 1. The highest BCUT2D eigenvalue weighted by atomic mass is 79.9. The maximum Gasteiger partial charge on any atom is 0.274 e. The lowest BCUT2D eigenvalue weighted by molar-refractivity contribution is 0.0710. The van der Waals surface area contributed by atoms with Crippen LogP contribution in [0.4, 0.5) is 0 Å². The summed E-state index contributed by atoms with van der Waals surface area (Å²) in [6.45, 7) is 0. The van der Waals surface area contributed by atoms with E-state index < -0.39 is 0 Å². The molecule has 4 rings (SSSR count). The number of hydrogen-bond acceptors (Lipinski definition) is 7. The minimum atomic E-state index is -0.312. The van der Waals surface area contributed by atoms with Crippen LogP contribution in [0.15, 0.2) is 64.2 Å². The Labute approximate surface area is 218 Å². The van der Waals surface area contributed by atoms with Crippen LogP contribution in [0.5, 0.6) is 28.7 Å². The van der Waals surface area contributed by atoms with Crippen LogP contribution in [0.1, 0.15) is 33.9 Å². The van der Waals surface area contributed by atoms with E-state index in [0.717, 1.165) is 21.3 Å². The zero-order valence-corrected chi connectivity index (χ0v) is 22.3. The quantitative estimate of drug-likeness (QED) is 0.366. The first-order valence-corrected chi connectivity index (χ1v) is 11.9. The molecule has 0 unspecified atom stereocenters. The van der Waals surface area contributed by atoms with Gasteiger partial charge >= 0.3 is 0 Å². The van der Waals surface area contributed by atoms with Crippen LogP contribution in [0, 0.1) is 0 Å². The first kappa shape index (κ1) is 25.4. The van der Waals surface area contributed by atoms with Crippen molar-refractivity contribution >= 4 is 27.5 Å². The third-order valence-corrected chi connectivity index (χ3v) is 6.53. The molecule has 0 aliphatic carbocycles. The van der Waals surface area contributed by atoms with Gasteiger partial charge in [0.05, 0.1) is 47.3 Å². The van der Waals surface area contributed by atoms with Crippen molar-refractivity contribution in [2.24, 2.45) is 5.10 Å². The lowest BCUT2D eigenvalue weighted by Gasteiger charge is -2.23. The lowest BCUT2D eigenvalue weighted by Crippen LogP contribution is -2.27. The second-order valence-electron chi connectivity index (χ2n) is 7.95. The van der Waals surface area contributed by atoms with Gasteiger partial charge in [-0.05, 0) is 48.0 Å². The smallest absolute Gasteiger partial charge is 0.274 e. The van der Waals surface area contributed by atoms with E-state index in [2.05, 4.69) is 15.9 Å². The van der Waals surface area contributed by atoms with Crippen molar-refractivity contribution in [2.45, 2.75) is 12.5 Å². The molecule has 0 aromatic heterocycles. The fourth-order valence-electron chi connectivity index (χ4n) is 4.17. The maximum atomic E-state index is 13.8. The molecule has 0 saturated carbocycles. The highest BCUT2D eigenvalue weighted by molar-refractivity contribution is 9.10. The summed E-state index contributed by atoms with van der Waals surface area (Å²) >= 11 is 3.48. The summed E-state index contributed by atoms with van der Waals surface area (Å²) in [7, 11) is 7.72. The third kappa shape index (κ3) is 4.83. The summed E-state index contributed by atoms with van der Waals surface area (Å²) in [4.78, 5) is 13.8. The van der Waals surface area contributed by atoms with Crippen molar-refractivity contribution in [2.75, 3.05) is 35.5 Å². The monoisotopic (exact) mass is 554 g/mol. The Hall–Kier alpha value is -3.72. The van der Waals surface area contributed by atoms with Crippen LogP contribution in [0.3, 0.4) is 0 Å². The van der Waals surface area contributed by atoms with Gasteiger partial charge < -0.3 is 23.7 Å². The molecule has 0 bridgehead atoms. The minimum Gasteiger partial charge on any atom is -0.493 e. The number of benzene rings is 3. The number of nitrogens with zero attached hydrogens (tertiary/aromatic N) is 2. The van der Waals surface area contributed by atoms with Gasteiger partial charge in [0, 0.05) is 22.0 Å². The van der Waals surface area contributed by atoms with Crippen LogP contribution >= 0.6 is 15.9 Å². The Balaban J connectivity index is 1.79. The summed E-state index contributed by atoms with van der Waals surface area (Å²) in [6.07, 6.45) is 0.521. The number of ether oxygens (including phenoxy) is 5. The number of methoxy groups -OCH3 is 5. The largest absolute Gasteiger partial charge is 0.493 e. The summed E-state index contributed by atoms with van der Waals surface area (Å²) < 4.78 is 28.1. The molecule has 0 radical (unpaired) electrons. The summed E-state index contributed by atoms with van der Waals surface area (Å²) in [6, 6.07) is 16.4. The normalized spacial score (nSPS) is 14.8. The van der Waals surface area contributed by atoms with Gasteiger partial charge in [0.1, 0.15) is 0 Å². The molecule has 3 aromatic rings. The van der Waals surface area contributed by atoms with E-state index in [1.54, 1.807) is 26.4 Å². The fourth-order valence-corrected chi connectivity index (χ4v) is 4.43. The predicted octanol–water partition coefficient (Wildman–Crippen LogP) is 5.48. The fraction of sp³-hybridized carbons (Fsp3) is 0.259. The molecule has 36 heavy (non-hydrogen) atoms. The average molecular weight is 555 g/mol. The second-order valence-corrected chi connectivity index (χ2v) is 8.87. The minimum absolute atomic E-state index is 0.294. The van der Waals surface area contributed by atoms with Crippen molar-refractivity contribution in [3.63, 3.8) is 0 Å². The lowest BCUT2D eigenvalue weighted by atomic mass is 9.98. The van der Waals surface area contributed by atoms with E-state index in [4.69, 9.17) is 28.8 Å². The molecule has 8 nitrogen and oxygen atoms in total. The van der Waals surface area contributed by atoms with Crippen molar-refractivity contribution < 1.29 is 28.5 Å². The maximum absolute atomic E-state index is 13.8. The number of hydrazone groups is 1. The van der Waals surface area contributed by atoms with E-state index in [-0.39, 0.29) is 11.9 Å². The molecule has 188 valence electrons. The zero-order chi connectivity index (χ0) is 25.8. The molecule has 1 atom stereocenters. The van der Waals surface area contributed by atoms with E-state index >= 15 is 0 Å². The van der Waals surface area contributed by atoms with E-state index in [9.17, 15) is 4.79 Å². The van der Waals surface area contributed by atoms with Crippen molar-refractivity contribution in [3.05, 3.63) is 75.8 Å². The molecule has 3 aromatic carbocycles. The van der Waals surface area contributed by atoms with Gasteiger partial charge in [0.2, 0.25) is 5.75 Å². The summed E-state index contributed by atoms with van der Waals surface area (Å²) in [5.74, 6) is 2.11. The van der Waals surface area contributed by atoms with Crippen molar-refractivity contribution in [3.8, 4) is 28.7 Å². The van der Waals surface area contributed by atoms with Gasteiger partial charge in [-0.15, -0.1) is 0 Å². The van der Waals surface area contributed by atoms with Crippen molar-refractivity contribution in [1.29, 1.82) is 0 Å². The standard InChI is InChI=1S/C27H27BrN2O6/c1-32-22-11-8-17(12-23(22)33-2)20-15-21(16-6-9-19(28)10-7-16)30(29-20)27(31)18-13-24(34-3)26(36-5)25(14-18)35-4/h6-14,21H,15H2,1-5H3/t21-/m1/s1. The van der Waals surface area contributed by atoms with Crippen LogP contribution in [-0.2, 0) is 0 Å². The molecule has 0 saturated heterocycles. The van der Waals surface area contributed by atoms with Gasteiger partial charge in [0.25, 0.3) is 5.91 Å². The van der Waals surface area contributed by atoms with Gasteiger partial charge in [0.15, 0.2) is 23.0 Å². The number of halogens is 1. The molecular formula is C27H27BrN2O6. The predicted molar refractivity (Wildman–Crippen MR) is 140 cm³/mol. The molecule has 1 aliphatic rings. The Bertz CT molecular complexity index is 1270. The van der Waals surface area contributed by atoms with Crippen LogP contribution in [0.25, 0.3) is 0 Å². The number of carbonyl (C=O) groups excluding carboxylic acids is 1. The number of hydrogen-bond donors (Lipinski definition) is 0. The van der Waals surface area contributed by atoms with E-state index in [1.165, 1.54) is 26.3 Å². The van der Waals surface area contributed by atoms with E-state index in [1.807, 2.05) is 42.5 Å². The third-order valence-electron chi connectivity index (χ3n) is 6.00. The van der Waals surface area contributed by atoms with Crippen LogP contribution < -0.4 is 23.7 Å². The zero-order valence-electron chi connectivity index (χ0n) is 20.7. The summed E-state index contributed by atoms with van der Waals surface area (Å²) in [5, 5.41) is 6.29. The van der Waals surface area contributed by atoms with Crippen LogP contribution in [0.2, 0.25) is 0 Å². The molecule has 9 heteroatoms. The van der Waals surface area contributed by atoms with Crippen molar-refractivity contribution in [1.82, 2.24) is 5.01 Å². The second kappa shape index (κ2) is 10.9. The molecule has 1 amide bonds. The van der Waals surface area contributed by atoms with Gasteiger partial charge in [-0.3, -0.25) is 4.79 Å². The molecule has 0 N–H and O–H groups in total. The molecule has 1 aliphatic heterocycles. The molecule has 1 heterocycles. The SMILES string of the molecule is COc1ccc(C2=NN(C(=O)c3cc(OC)c(OC)c(OC)c3)[C@@H](c3ccc(Br)cc3)C2)cc1OC. The molecular weight excluding hydrogens is 528 g/mol. The van der Waals surface area contributed by atoms with Crippen LogP contribution in [-0.4, -0.2) is 52.2 Å². The van der Waals surface area contributed by atoms with Gasteiger partial charge in [-0.2, -0.15) is 5.10 Å². The summed E-state index contributed by atoms with van der Waals surface area (Å²) in [5.41, 5.74) is 2.92. The highest BCUT2D eigenvalue weighted by Crippen LogP contribution is 2.41. The Morgan fingerprint density at radius 1 is 0.806 bits per heavy atom. The van der Waals surface area contributed by atoms with Gasteiger partial charge in [-0.25, -0.2) is 5.01 Å². The highest BCUT2D eigenvalue weighted by Gasteiger charge is 2.35.